The molecule has 0 amide bonds. The quantitative estimate of drug-likeness (QED) is 0.183. The third-order valence-electron chi connectivity index (χ3n) is 6.47. The molecule has 0 saturated heterocycles. The van der Waals surface area contributed by atoms with Gasteiger partial charge in [-0.25, -0.2) is 0 Å². The highest BCUT2D eigenvalue weighted by Gasteiger charge is 2.42. The SMILES string of the molecule is C=CC(CCCCCCCC)C(OC)(OC)c1cccc2c1Cc1ccccc1-2. The Hall–Kier alpha value is -1.90. The van der Waals surface area contributed by atoms with Gasteiger partial charge in [0, 0.05) is 25.7 Å². The summed E-state index contributed by atoms with van der Waals surface area (Å²) in [5.74, 6) is -0.683. The molecule has 0 heterocycles. The molecule has 1 aliphatic carbocycles. The number of methoxy groups -OCH3 is 2. The molecule has 2 heteroatoms. The normalized spacial score (nSPS) is 13.8. The molecule has 0 fully saturated rings. The van der Waals surface area contributed by atoms with E-state index in [4.69, 9.17) is 9.47 Å². The molecule has 1 unspecified atom stereocenters. The number of ether oxygens (including phenoxy) is 2. The van der Waals surface area contributed by atoms with E-state index in [-0.39, 0.29) is 5.92 Å². The van der Waals surface area contributed by atoms with Gasteiger partial charge in [-0.15, -0.1) is 6.58 Å². The third-order valence-corrected chi connectivity index (χ3v) is 6.47. The van der Waals surface area contributed by atoms with Gasteiger partial charge in [-0.2, -0.15) is 0 Å². The van der Waals surface area contributed by atoms with Crippen LogP contribution in [-0.2, 0) is 21.7 Å². The first-order valence-corrected chi connectivity index (χ1v) is 11.1. The lowest BCUT2D eigenvalue weighted by Crippen LogP contribution is -2.39. The summed E-state index contributed by atoms with van der Waals surface area (Å²) in [6.07, 6.45) is 11.7. The summed E-state index contributed by atoms with van der Waals surface area (Å²) < 4.78 is 12.3. The molecular weight excluding hydrogens is 356 g/mol. The topological polar surface area (TPSA) is 18.5 Å². The van der Waals surface area contributed by atoms with E-state index in [1.165, 1.54) is 60.8 Å². The predicted octanol–water partition coefficient (Wildman–Crippen LogP) is 7.26. The van der Waals surface area contributed by atoms with Crippen molar-refractivity contribution in [2.75, 3.05) is 14.2 Å². The van der Waals surface area contributed by atoms with Crippen molar-refractivity contribution >= 4 is 0 Å². The Morgan fingerprint density at radius 2 is 1.62 bits per heavy atom. The lowest BCUT2D eigenvalue weighted by atomic mass is 9.83. The highest BCUT2D eigenvalue weighted by molar-refractivity contribution is 5.78. The fraction of sp³-hybridized carbons (Fsp3) is 0.481. The molecule has 29 heavy (non-hydrogen) atoms. The molecule has 1 atom stereocenters. The van der Waals surface area contributed by atoms with E-state index in [0.29, 0.717) is 0 Å². The number of hydrogen-bond acceptors (Lipinski definition) is 2. The minimum absolute atomic E-state index is 0.110. The number of fused-ring (bicyclic) bond motifs is 3. The van der Waals surface area contributed by atoms with E-state index < -0.39 is 5.79 Å². The van der Waals surface area contributed by atoms with Gasteiger partial charge in [0.05, 0.1) is 0 Å². The van der Waals surface area contributed by atoms with E-state index in [2.05, 4.69) is 56.0 Å². The summed E-state index contributed by atoms with van der Waals surface area (Å²) in [7, 11) is 3.53. The molecule has 2 aromatic carbocycles. The van der Waals surface area contributed by atoms with Crippen molar-refractivity contribution in [3.05, 3.63) is 71.8 Å². The van der Waals surface area contributed by atoms with Gasteiger partial charge >= 0.3 is 0 Å². The summed E-state index contributed by atoms with van der Waals surface area (Å²) in [5, 5.41) is 0. The Labute approximate surface area is 176 Å². The molecule has 2 nitrogen and oxygen atoms in total. The summed E-state index contributed by atoms with van der Waals surface area (Å²) in [5.41, 5.74) is 6.48. The van der Waals surface area contributed by atoms with Crippen molar-refractivity contribution < 1.29 is 9.47 Å². The second-order valence-electron chi connectivity index (χ2n) is 8.14. The Morgan fingerprint density at radius 1 is 0.931 bits per heavy atom. The molecule has 0 N–H and O–H groups in total. The zero-order valence-corrected chi connectivity index (χ0v) is 18.4. The fourth-order valence-corrected chi connectivity index (χ4v) is 4.90. The number of benzene rings is 2. The molecule has 3 rings (SSSR count). The van der Waals surface area contributed by atoms with Crippen molar-refractivity contribution in [2.24, 2.45) is 5.92 Å². The molecule has 0 aliphatic heterocycles. The Kier molecular flexibility index (Phi) is 7.69. The average molecular weight is 393 g/mol. The first kappa shape index (κ1) is 21.8. The van der Waals surface area contributed by atoms with Crippen LogP contribution in [0.5, 0.6) is 0 Å². The smallest absolute Gasteiger partial charge is 0.201 e. The second kappa shape index (κ2) is 10.2. The van der Waals surface area contributed by atoms with E-state index in [1.807, 2.05) is 6.08 Å². The molecule has 1 aliphatic rings. The monoisotopic (exact) mass is 392 g/mol. The van der Waals surface area contributed by atoms with Crippen molar-refractivity contribution in [3.8, 4) is 11.1 Å². The largest absolute Gasteiger partial charge is 0.349 e. The van der Waals surface area contributed by atoms with Gasteiger partial charge in [-0.05, 0) is 35.1 Å². The molecule has 0 bridgehead atoms. The van der Waals surface area contributed by atoms with Crippen LogP contribution in [-0.4, -0.2) is 14.2 Å². The van der Waals surface area contributed by atoms with Gasteiger partial charge in [0.15, 0.2) is 0 Å². The van der Waals surface area contributed by atoms with Gasteiger partial charge in [0.25, 0.3) is 0 Å². The highest BCUT2D eigenvalue weighted by Crippen LogP contribution is 2.46. The number of unbranched alkanes of at least 4 members (excludes halogenated alkanes) is 5. The Morgan fingerprint density at radius 3 is 2.34 bits per heavy atom. The standard InChI is InChI=1S/C27H36O2/c1-5-7-8-9-10-11-16-22(6-2)27(28-3,29-4)26-19-14-18-24-23-17-13-12-15-21(23)20-25(24)26/h6,12-15,17-19,22H,2,5,7-11,16,20H2,1,3-4H3. The van der Waals surface area contributed by atoms with Gasteiger partial charge in [-0.1, -0.05) is 94.0 Å². The van der Waals surface area contributed by atoms with Crippen LogP contribution in [0.3, 0.4) is 0 Å². The van der Waals surface area contributed by atoms with E-state index in [0.717, 1.165) is 18.4 Å². The number of rotatable bonds is 12. The predicted molar refractivity (Wildman–Crippen MR) is 122 cm³/mol. The molecule has 2 aromatic rings. The van der Waals surface area contributed by atoms with Crippen LogP contribution in [0.15, 0.2) is 55.1 Å². The molecule has 0 saturated carbocycles. The van der Waals surface area contributed by atoms with Crippen molar-refractivity contribution in [1.29, 1.82) is 0 Å². The molecule has 0 aromatic heterocycles. The van der Waals surface area contributed by atoms with Crippen LogP contribution < -0.4 is 0 Å². The van der Waals surface area contributed by atoms with Gasteiger partial charge in [-0.3, -0.25) is 0 Å². The molecule has 0 radical (unpaired) electrons. The van der Waals surface area contributed by atoms with Crippen LogP contribution in [0.2, 0.25) is 0 Å². The zero-order chi connectivity index (χ0) is 20.7. The van der Waals surface area contributed by atoms with Crippen molar-refractivity contribution in [1.82, 2.24) is 0 Å². The summed E-state index contributed by atoms with van der Waals surface area (Å²) in [4.78, 5) is 0. The van der Waals surface area contributed by atoms with Crippen LogP contribution >= 0.6 is 0 Å². The van der Waals surface area contributed by atoms with Gasteiger partial charge < -0.3 is 9.47 Å². The lowest BCUT2D eigenvalue weighted by molar-refractivity contribution is -0.242. The van der Waals surface area contributed by atoms with Crippen LogP contribution in [0, 0.1) is 5.92 Å². The summed E-state index contributed by atoms with van der Waals surface area (Å²) in [6.45, 7) is 6.41. The van der Waals surface area contributed by atoms with E-state index in [9.17, 15) is 0 Å². The van der Waals surface area contributed by atoms with Crippen LogP contribution in [0.1, 0.15) is 68.6 Å². The van der Waals surface area contributed by atoms with E-state index in [1.54, 1.807) is 14.2 Å². The first-order valence-electron chi connectivity index (χ1n) is 11.1. The fourth-order valence-electron chi connectivity index (χ4n) is 4.90. The minimum atomic E-state index is -0.793. The Balaban J connectivity index is 1.86. The minimum Gasteiger partial charge on any atom is -0.349 e. The first-order chi connectivity index (χ1) is 14.2. The lowest BCUT2D eigenvalue weighted by Gasteiger charge is -2.38. The zero-order valence-electron chi connectivity index (χ0n) is 18.4. The maximum Gasteiger partial charge on any atom is 0.201 e. The van der Waals surface area contributed by atoms with E-state index >= 15 is 0 Å². The summed E-state index contributed by atoms with van der Waals surface area (Å²) >= 11 is 0. The van der Waals surface area contributed by atoms with Gasteiger partial charge in [0.1, 0.15) is 0 Å². The van der Waals surface area contributed by atoms with Crippen LogP contribution in [0.4, 0.5) is 0 Å². The maximum absolute atomic E-state index is 6.15. The number of hydrogen-bond donors (Lipinski definition) is 0. The molecule has 0 spiro atoms. The Bertz CT molecular complexity index is 804. The van der Waals surface area contributed by atoms with Gasteiger partial charge in [0.2, 0.25) is 5.79 Å². The molecular formula is C27H36O2. The second-order valence-corrected chi connectivity index (χ2v) is 8.14. The average Bonchev–Trinajstić information content (AvgIpc) is 3.15. The van der Waals surface area contributed by atoms with Crippen molar-refractivity contribution in [3.63, 3.8) is 0 Å². The maximum atomic E-state index is 6.15. The molecule has 156 valence electrons. The summed E-state index contributed by atoms with van der Waals surface area (Å²) in [6, 6.07) is 15.2. The van der Waals surface area contributed by atoms with Crippen molar-refractivity contribution in [2.45, 2.75) is 64.1 Å². The highest BCUT2D eigenvalue weighted by atomic mass is 16.7. The van der Waals surface area contributed by atoms with Crippen LogP contribution in [0.25, 0.3) is 11.1 Å². The third kappa shape index (κ3) is 4.34.